The number of pyridine rings is 1. The molecule has 146 valence electrons. The average Bonchev–Trinajstić information content (AvgIpc) is 3.45. The summed E-state index contributed by atoms with van der Waals surface area (Å²) < 4.78 is 8.42. The summed E-state index contributed by atoms with van der Waals surface area (Å²) in [4.78, 5) is 4.85. The van der Waals surface area contributed by atoms with Gasteiger partial charge in [0.25, 0.3) is 12.7 Å². The minimum Gasteiger partial charge on any atom is -0.232 e. The van der Waals surface area contributed by atoms with Crippen LogP contribution in [0.15, 0.2) is 116 Å². The molecule has 0 bridgehead atoms. The minimum atomic E-state index is 0.838. The Morgan fingerprint density at radius 1 is 0.567 bits per heavy atom. The molecular formula is C25H23N5+2. The van der Waals surface area contributed by atoms with Gasteiger partial charge in [0.05, 0.1) is 0 Å². The fourth-order valence-electron chi connectivity index (χ4n) is 3.53. The van der Waals surface area contributed by atoms with Crippen LogP contribution in [0.4, 0.5) is 0 Å². The molecule has 0 aliphatic carbocycles. The number of benzene rings is 2. The van der Waals surface area contributed by atoms with Gasteiger partial charge in [-0.3, -0.25) is 0 Å². The van der Waals surface area contributed by atoms with Crippen LogP contribution >= 0.6 is 0 Å². The Morgan fingerprint density at radius 2 is 1.03 bits per heavy atom. The summed E-state index contributed by atoms with van der Waals surface area (Å²) in [5, 5.41) is 0. The van der Waals surface area contributed by atoms with Crippen LogP contribution in [0.5, 0.6) is 0 Å². The van der Waals surface area contributed by atoms with Gasteiger partial charge in [-0.05, 0) is 11.1 Å². The number of hydrogen-bond acceptors (Lipinski definition) is 1. The molecule has 0 saturated heterocycles. The molecule has 0 atom stereocenters. The normalized spacial score (nSPS) is 10.9. The first-order valence-corrected chi connectivity index (χ1v) is 10.0. The fourth-order valence-corrected chi connectivity index (χ4v) is 3.53. The lowest BCUT2D eigenvalue weighted by Gasteiger charge is -1.99. The van der Waals surface area contributed by atoms with Crippen molar-refractivity contribution >= 4 is 0 Å². The maximum absolute atomic E-state index is 4.85. The molecule has 0 fully saturated rings. The van der Waals surface area contributed by atoms with Crippen molar-refractivity contribution in [3.05, 3.63) is 127 Å². The van der Waals surface area contributed by atoms with E-state index < -0.39 is 0 Å². The molecule has 30 heavy (non-hydrogen) atoms. The number of imidazole rings is 2. The first kappa shape index (κ1) is 18.1. The van der Waals surface area contributed by atoms with Crippen LogP contribution in [0.25, 0.3) is 11.6 Å². The molecule has 5 nitrogen and oxygen atoms in total. The first-order valence-electron chi connectivity index (χ1n) is 10.0. The van der Waals surface area contributed by atoms with E-state index in [9.17, 15) is 0 Å². The number of hydrogen-bond donors (Lipinski definition) is 0. The Balaban J connectivity index is 1.35. The third-order valence-corrected chi connectivity index (χ3v) is 5.05. The summed E-state index contributed by atoms with van der Waals surface area (Å²) >= 11 is 0. The summed E-state index contributed by atoms with van der Waals surface area (Å²) in [6.45, 7) is 1.68. The molecule has 0 amide bonds. The summed E-state index contributed by atoms with van der Waals surface area (Å²) in [5.74, 6) is 1.78. The number of aromatic nitrogens is 5. The molecule has 5 heteroatoms. The van der Waals surface area contributed by atoms with Crippen molar-refractivity contribution in [1.82, 2.24) is 14.1 Å². The minimum absolute atomic E-state index is 0.838. The molecule has 5 rings (SSSR count). The zero-order valence-corrected chi connectivity index (χ0v) is 16.6. The van der Waals surface area contributed by atoms with Crippen molar-refractivity contribution in [2.45, 2.75) is 13.1 Å². The molecule has 0 unspecified atom stereocenters. The molecule has 0 N–H and O–H groups in total. The molecule has 5 aromatic rings. The predicted octanol–water partition coefficient (Wildman–Crippen LogP) is 3.33. The highest BCUT2D eigenvalue weighted by atomic mass is 15.2. The lowest BCUT2D eigenvalue weighted by atomic mass is 10.2. The lowest BCUT2D eigenvalue weighted by molar-refractivity contribution is -0.687. The summed E-state index contributed by atoms with van der Waals surface area (Å²) in [5.41, 5.74) is 2.55. The van der Waals surface area contributed by atoms with Gasteiger partial charge in [-0.25, -0.2) is 9.13 Å². The van der Waals surface area contributed by atoms with Crippen molar-refractivity contribution in [3.8, 4) is 11.6 Å². The topological polar surface area (TPSA) is 30.5 Å². The van der Waals surface area contributed by atoms with E-state index in [0.29, 0.717) is 0 Å². The quantitative estimate of drug-likeness (QED) is 0.407. The summed E-state index contributed by atoms with van der Waals surface area (Å²) in [7, 11) is 0. The van der Waals surface area contributed by atoms with Gasteiger partial charge in [0.15, 0.2) is 0 Å². The van der Waals surface area contributed by atoms with Crippen molar-refractivity contribution in [2.24, 2.45) is 0 Å². The molecule has 3 heterocycles. The predicted molar refractivity (Wildman–Crippen MR) is 114 cm³/mol. The highest BCUT2D eigenvalue weighted by Crippen LogP contribution is 2.09. The van der Waals surface area contributed by atoms with Crippen LogP contribution in [-0.2, 0) is 13.1 Å². The monoisotopic (exact) mass is 393 g/mol. The van der Waals surface area contributed by atoms with Gasteiger partial charge in [-0.1, -0.05) is 66.7 Å². The second-order valence-corrected chi connectivity index (χ2v) is 7.31. The molecular weight excluding hydrogens is 370 g/mol. The molecule has 3 aromatic heterocycles. The SMILES string of the molecule is c1ccc(C[n+]2ccn(-c3cccc(-n4cc[n+](Cc5ccccc5)c4)n3)c2)cc1. The smallest absolute Gasteiger partial charge is 0.232 e. The zero-order chi connectivity index (χ0) is 20.2. The van der Waals surface area contributed by atoms with Crippen LogP contribution in [0, 0.1) is 0 Å². The van der Waals surface area contributed by atoms with Crippen LogP contribution in [0.3, 0.4) is 0 Å². The Kier molecular flexibility index (Phi) is 4.92. The van der Waals surface area contributed by atoms with E-state index in [0.717, 1.165) is 24.7 Å². The standard InChI is InChI=1S/C25H23N5/c1-3-8-22(9-4-1)18-27-14-16-29(20-27)24-12-7-13-25(26-24)30-17-15-28(21-30)19-23-10-5-2-6-11-23/h1-17,20-21H,18-19H2/q+2. The van der Waals surface area contributed by atoms with Crippen LogP contribution in [0.2, 0.25) is 0 Å². The van der Waals surface area contributed by atoms with E-state index in [1.807, 2.05) is 51.9 Å². The van der Waals surface area contributed by atoms with Gasteiger partial charge >= 0.3 is 0 Å². The summed E-state index contributed by atoms with van der Waals surface area (Å²) in [6.07, 6.45) is 12.4. The Labute approximate surface area is 175 Å². The Bertz CT molecular complexity index is 1140. The molecule has 0 spiro atoms. The number of nitrogens with zero attached hydrogens (tertiary/aromatic N) is 5. The maximum atomic E-state index is 4.85. The molecule has 2 aromatic carbocycles. The molecule has 0 saturated carbocycles. The highest BCUT2D eigenvalue weighted by molar-refractivity contribution is 5.31. The van der Waals surface area contributed by atoms with Gasteiger partial charge in [0.2, 0.25) is 11.6 Å². The number of rotatable bonds is 6. The second kappa shape index (κ2) is 8.17. The third kappa shape index (κ3) is 4.05. The van der Waals surface area contributed by atoms with Crippen molar-refractivity contribution in [3.63, 3.8) is 0 Å². The van der Waals surface area contributed by atoms with Crippen molar-refractivity contribution in [2.75, 3.05) is 0 Å². The zero-order valence-electron chi connectivity index (χ0n) is 16.6. The van der Waals surface area contributed by atoms with Gasteiger partial charge in [0, 0.05) is 12.1 Å². The van der Waals surface area contributed by atoms with E-state index in [1.165, 1.54) is 11.1 Å². The fraction of sp³-hybridized carbons (Fsp3) is 0.0800. The van der Waals surface area contributed by atoms with Gasteiger partial charge in [-0.15, -0.1) is 0 Å². The third-order valence-electron chi connectivity index (χ3n) is 5.05. The van der Waals surface area contributed by atoms with Gasteiger partial charge < -0.3 is 0 Å². The lowest BCUT2D eigenvalue weighted by Crippen LogP contribution is -2.31. The van der Waals surface area contributed by atoms with Crippen LogP contribution in [-0.4, -0.2) is 14.1 Å². The Hall–Kier alpha value is -3.99. The molecule has 0 aliphatic rings. The summed E-state index contributed by atoms with van der Waals surface area (Å²) in [6, 6.07) is 27.0. The van der Waals surface area contributed by atoms with E-state index in [2.05, 4.69) is 82.7 Å². The van der Waals surface area contributed by atoms with Crippen LogP contribution in [0.1, 0.15) is 11.1 Å². The van der Waals surface area contributed by atoms with Crippen molar-refractivity contribution < 1.29 is 9.13 Å². The van der Waals surface area contributed by atoms with Crippen LogP contribution < -0.4 is 9.13 Å². The van der Waals surface area contributed by atoms with E-state index >= 15 is 0 Å². The first-order chi connectivity index (χ1) is 14.8. The molecule has 0 radical (unpaired) electrons. The van der Waals surface area contributed by atoms with E-state index in [1.54, 1.807) is 0 Å². The maximum Gasteiger partial charge on any atom is 0.250 e. The van der Waals surface area contributed by atoms with E-state index in [4.69, 9.17) is 4.98 Å². The largest absolute Gasteiger partial charge is 0.250 e. The average molecular weight is 393 g/mol. The second-order valence-electron chi connectivity index (χ2n) is 7.31. The Morgan fingerprint density at radius 3 is 1.50 bits per heavy atom. The van der Waals surface area contributed by atoms with E-state index in [-0.39, 0.29) is 0 Å². The van der Waals surface area contributed by atoms with Crippen molar-refractivity contribution in [1.29, 1.82) is 0 Å². The van der Waals surface area contributed by atoms with Gasteiger partial charge in [0.1, 0.15) is 37.9 Å². The highest BCUT2D eigenvalue weighted by Gasteiger charge is 2.13. The molecule has 0 aliphatic heterocycles. The van der Waals surface area contributed by atoms with Gasteiger partial charge in [-0.2, -0.15) is 14.1 Å².